The Morgan fingerprint density at radius 2 is 1.92 bits per heavy atom. The number of ether oxygens (including phenoxy) is 2. The van der Waals surface area contributed by atoms with E-state index in [1.165, 1.54) is 31.5 Å². The monoisotopic (exact) mass is 340 g/mol. The lowest BCUT2D eigenvalue weighted by Gasteiger charge is -2.50. The predicted octanol–water partition coefficient (Wildman–Crippen LogP) is 2.77. The number of para-hydroxylation sites is 1. The first kappa shape index (κ1) is 16.9. The van der Waals surface area contributed by atoms with Crippen LogP contribution in [-0.4, -0.2) is 30.8 Å². The van der Waals surface area contributed by atoms with Crippen LogP contribution in [0.5, 0.6) is 5.75 Å². The Labute approximate surface area is 151 Å². The highest BCUT2D eigenvalue weighted by molar-refractivity contribution is 5.39. The number of hydrogen-bond donors (Lipinski definition) is 1. The number of rotatable bonds is 1. The van der Waals surface area contributed by atoms with Crippen molar-refractivity contribution in [3.63, 3.8) is 0 Å². The molecule has 2 saturated heterocycles. The van der Waals surface area contributed by atoms with Crippen LogP contribution in [0.3, 0.4) is 0 Å². The Morgan fingerprint density at radius 1 is 1.16 bits per heavy atom. The molecule has 3 atom stereocenters. The summed E-state index contributed by atoms with van der Waals surface area (Å²) < 4.78 is 12.9. The molecule has 0 saturated carbocycles. The predicted molar refractivity (Wildman–Crippen MR) is 98.7 cm³/mol. The van der Waals surface area contributed by atoms with E-state index in [-0.39, 0.29) is 17.3 Å². The van der Waals surface area contributed by atoms with E-state index in [1.54, 1.807) is 4.90 Å². The summed E-state index contributed by atoms with van der Waals surface area (Å²) in [7, 11) is 0. The fourth-order valence-electron chi connectivity index (χ4n) is 4.66. The number of likely N-dealkylation sites (tertiary alicyclic amines) is 1. The number of nitrogens with one attached hydrogen (secondary N) is 1. The average Bonchev–Trinajstić information content (AvgIpc) is 3.07. The highest BCUT2D eigenvalue weighted by atomic mass is 16.5. The molecule has 134 valence electrons. The first-order valence-electron chi connectivity index (χ1n) is 9.76. The van der Waals surface area contributed by atoms with Crippen molar-refractivity contribution in [1.82, 2.24) is 0 Å². The van der Waals surface area contributed by atoms with Crippen molar-refractivity contribution in [3.05, 3.63) is 29.8 Å². The minimum atomic E-state index is -0.346. The summed E-state index contributed by atoms with van der Waals surface area (Å²) in [5, 5.41) is 0. The molecule has 0 aromatic heterocycles. The molecule has 1 aromatic rings. The maximum Gasteiger partial charge on any atom is 0.139 e. The van der Waals surface area contributed by atoms with Crippen LogP contribution in [0.25, 0.3) is 0 Å². The molecule has 3 aliphatic rings. The Morgan fingerprint density at radius 3 is 2.72 bits per heavy atom. The SMILES string of the molecule is CC1(C)Oc2ccccc2[C@H]2O[C@@](C)(C#CC[NH+]3CCCC3)CC[C@H]21. The fraction of sp³-hybridized carbons (Fsp3) is 0.636. The minimum absolute atomic E-state index is 0.0760. The molecule has 0 unspecified atom stereocenters. The Hall–Kier alpha value is -1.50. The molecular formula is C22H30NO2+. The van der Waals surface area contributed by atoms with Gasteiger partial charge in [0.25, 0.3) is 0 Å². The molecule has 0 amide bonds. The number of benzene rings is 1. The lowest BCUT2D eigenvalue weighted by Crippen LogP contribution is -3.09. The summed E-state index contributed by atoms with van der Waals surface area (Å²) in [6, 6.07) is 8.33. The van der Waals surface area contributed by atoms with Gasteiger partial charge in [0, 0.05) is 24.3 Å². The van der Waals surface area contributed by atoms with E-state index in [0.717, 1.165) is 25.1 Å². The molecular weight excluding hydrogens is 310 g/mol. The van der Waals surface area contributed by atoms with E-state index in [4.69, 9.17) is 9.47 Å². The summed E-state index contributed by atoms with van der Waals surface area (Å²) in [5.41, 5.74) is 0.638. The largest absolute Gasteiger partial charge is 0.487 e. The van der Waals surface area contributed by atoms with Crippen LogP contribution in [-0.2, 0) is 4.74 Å². The molecule has 2 fully saturated rings. The van der Waals surface area contributed by atoms with Gasteiger partial charge in [0.15, 0.2) is 0 Å². The Kier molecular flexibility index (Phi) is 4.30. The lowest BCUT2D eigenvalue weighted by atomic mass is 9.73. The second kappa shape index (κ2) is 6.34. The van der Waals surface area contributed by atoms with Crippen molar-refractivity contribution in [2.75, 3.05) is 19.6 Å². The molecule has 3 aliphatic heterocycles. The first-order valence-corrected chi connectivity index (χ1v) is 9.76. The van der Waals surface area contributed by atoms with Crippen molar-refractivity contribution >= 4 is 0 Å². The molecule has 3 heterocycles. The third-order valence-electron chi connectivity index (χ3n) is 6.18. The topological polar surface area (TPSA) is 22.9 Å². The molecule has 25 heavy (non-hydrogen) atoms. The van der Waals surface area contributed by atoms with Crippen molar-refractivity contribution in [2.45, 2.75) is 63.8 Å². The average molecular weight is 340 g/mol. The van der Waals surface area contributed by atoms with Crippen molar-refractivity contribution in [3.8, 4) is 17.6 Å². The van der Waals surface area contributed by atoms with Gasteiger partial charge in [-0.3, -0.25) is 0 Å². The van der Waals surface area contributed by atoms with Gasteiger partial charge in [0.1, 0.15) is 23.5 Å². The summed E-state index contributed by atoms with van der Waals surface area (Å²) in [6.07, 6.45) is 4.84. The second-order valence-corrected chi connectivity index (χ2v) is 8.59. The highest BCUT2D eigenvalue weighted by Crippen LogP contribution is 2.52. The van der Waals surface area contributed by atoms with Gasteiger partial charge in [-0.05, 0) is 45.6 Å². The third kappa shape index (κ3) is 3.30. The normalized spacial score (nSPS) is 33.6. The Bertz CT molecular complexity index is 695. The van der Waals surface area contributed by atoms with Crippen molar-refractivity contribution in [2.24, 2.45) is 5.92 Å². The van der Waals surface area contributed by atoms with E-state index >= 15 is 0 Å². The van der Waals surface area contributed by atoms with Gasteiger partial charge in [-0.2, -0.15) is 0 Å². The summed E-state index contributed by atoms with van der Waals surface area (Å²) >= 11 is 0. The summed E-state index contributed by atoms with van der Waals surface area (Å²) in [6.45, 7) is 10.1. The van der Waals surface area contributed by atoms with Gasteiger partial charge in [-0.1, -0.05) is 24.1 Å². The van der Waals surface area contributed by atoms with Gasteiger partial charge >= 0.3 is 0 Å². The Balaban J connectivity index is 1.55. The number of fused-ring (bicyclic) bond motifs is 3. The zero-order valence-corrected chi connectivity index (χ0v) is 15.7. The molecule has 0 radical (unpaired) electrons. The van der Waals surface area contributed by atoms with Crippen molar-refractivity contribution < 1.29 is 14.4 Å². The minimum Gasteiger partial charge on any atom is -0.487 e. The maximum atomic E-state index is 6.64. The third-order valence-corrected chi connectivity index (χ3v) is 6.18. The van der Waals surface area contributed by atoms with Crippen LogP contribution in [0.1, 0.15) is 58.1 Å². The quantitative estimate of drug-likeness (QED) is 0.795. The van der Waals surface area contributed by atoms with Gasteiger partial charge in [-0.15, -0.1) is 0 Å². The van der Waals surface area contributed by atoms with E-state index in [2.05, 4.69) is 50.8 Å². The maximum absolute atomic E-state index is 6.64. The van der Waals surface area contributed by atoms with E-state index in [1.807, 2.05) is 6.07 Å². The summed E-state index contributed by atoms with van der Waals surface area (Å²) in [5.74, 6) is 8.26. The number of quaternary nitrogens is 1. The molecule has 1 aromatic carbocycles. The van der Waals surface area contributed by atoms with Crippen molar-refractivity contribution in [1.29, 1.82) is 0 Å². The van der Waals surface area contributed by atoms with E-state index in [0.29, 0.717) is 5.92 Å². The van der Waals surface area contributed by atoms with E-state index < -0.39 is 0 Å². The molecule has 0 aliphatic carbocycles. The van der Waals surface area contributed by atoms with Crippen LogP contribution in [0.2, 0.25) is 0 Å². The zero-order chi connectivity index (χ0) is 17.5. The van der Waals surface area contributed by atoms with Gasteiger partial charge in [0.2, 0.25) is 0 Å². The van der Waals surface area contributed by atoms with Crippen LogP contribution < -0.4 is 9.64 Å². The fourth-order valence-corrected chi connectivity index (χ4v) is 4.66. The van der Waals surface area contributed by atoms with E-state index in [9.17, 15) is 0 Å². The van der Waals surface area contributed by atoms with Crippen LogP contribution >= 0.6 is 0 Å². The molecule has 3 heteroatoms. The van der Waals surface area contributed by atoms with Crippen LogP contribution in [0.4, 0.5) is 0 Å². The lowest BCUT2D eigenvalue weighted by molar-refractivity contribution is -0.879. The summed E-state index contributed by atoms with van der Waals surface area (Å²) in [4.78, 5) is 1.63. The van der Waals surface area contributed by atoms with Gasteiger partial charge in [0.05, 0.1) is 19.2 Å². The second-order valence-electron chi connectivity index (χ2n) is 8.59. The molecule has 1 N–H and O–H groups in total. The van der Waals surface area contributed by atoms with Gasteiger partial charge < -0.3 is 14.4 Å². The highest BCUT2D eigenvalue weighted by Gasteiger charge is 2.49. The molecule has 0 bridgehead atoms. The molecule has 4 rings (SSSR count). The smallest absolute Gasteiger partial charge is 0.139 e. The standard InChI is InChI=1S/C22H29NO2/c1-21(2)18-11-13-22(3,12-8-16-23-14-6-7-15-23)25-20(18)17-9-4-5-10-19(17)24-21/h4-5,9-10,18,20H,6-7,11,13-16H2,1-3H3/p+1/t18-,20-,22+/m1/s1. The molecule has 0 spiro atoms. The van der Waals surface area contributed by atoms with Gasteiger partial charge in [-0.25, -0.2) is 0 Å². The van der Waals surface area contributed by atoms with Crippen LogP contribution in [0, 0.1) is 17.8 Å². The first-order chi connectivity index (χ1) is 12.0. The zero-order valence-electron chi connectivity index (χ0n) is 15.7. The number of hydrogen-bond acceptors (Lipinski definition) is 2. The van der Waals surface area contributed by atoms with Crippen LogP contribution in [0.15, 0.2) is 24.3 Å². The molecule has 3 nitrogen and oxygen atoms in total.